The molecular weight excluding hydrogens is 518 g/mol. The zero-order valence-electron chi connectivity index (χ0n) is 15.3. The molecular formula is C20H13Br2N5O3. The standard InChI is InChI=1S/C20H13Br2N5O3/c21-16-8-13(11-25-26-20-18(27(28)29)6-3-7-24-20)9-17(22)19(16)30-12-15-5-2-1-4-14(15)10-23/h1-9,11H,12H2,(H,24,26)/b25-11-. The molecule has 0 spiro atoms. The van der Waals surface area contributed by atoms with Gasteiger partial charge in [0.25, 0.3) is 0 Å². The molecule has 0 bridgehead atoms. The highest BCUT2D eigenvalue weighted by molar-refractivity contribution is 9.11. The number of aromatic nitrogens is 1. The fourth-order valence-corrected chi connectivity index (χ4v) is 3.95. The summed E-state index contributed by atoms with van der Waals surface area (Å²) in [5.74, 6) is 0.626. The van der Waals surface area contributed by atoms with Crippen LogP contribution in [0.5, 0.6) is 5.75 Å². The number of ether oxygens (including phenoxy) is 1. The number of anilines is 1. The lowest BCUT2D eigenvalue weighted by Crippen LogP contribution is -2.01. The van der Waals surface area contributed by atoms with Gasteiger partial charge in [0.1, 0.15) is 12.4 Å². The number of nitro groups is 1. The van der Waals surface area contributed by atoms with Crippen LogP contribution in [0.15, 0.2) is 68.8 Å². The molecule has 0 saturated heterocycles. The number of hydrogen-bond acceptors (Lipinski definition) is 7. The van der Waals surface area contributed by atoms with Crippen LogP contribution in [0.25, 0.3) is 0 Å². The Hall–Kier alpha value is -3.29. The minimum Gasteiger partial charge on any atom is -0.486 e. The molecule has 10 heteroatoms. The first-order chi connectivity index (χ1) is 14.5. The van der Waals surface area contributed by atoms with Crippen molar-refractivity contribution in [3.05, 3.63) is 90.5 Å². The largest absolute Gasteiger partial charge is 0.486 e. The van der Waals surface area contributed by atoms with Gasteiger partial charge in [-0.25, -0.2) is 4.98 Å². The van der Waals surface area contributed by atoms with Crippen LogP contribution in [-0.4, -0.2) is 16.1 Å². The summed E-state index contributed by atoms with van der Waals surface area (Å²) in [5.41, 5.74) is 4.47. The van der Waals surface area contributed by atoms with Gasteiger partial charge in [0, 0.05) is 17.8 Å². The predicted molar refractivity (Wildman–Crippen MR) is 119 cm³/mol. The number of nitrogens with zero attached hydrogens (tertiary/aromatic N) is 4. The number of hydrogen-bond donors (Lipinski definition) is 1. The third kappa shape index (κ3) is 5.20. The number of pyridine rings is 1. The molecule has 3 rings (SSSR count). The third-order valence-electron chi connectivity index (χ3n) is 3.90. The van der Waals surface area contributed by atoms with E-state index in [1.165, 1.54) is 24.5 Å². The highest BCUT2D eigenvalue weighted by atomic mass is 79.9. The zero-order chi connectivity index (χ0) is 21.5. The minimum atomic E-state index is -0.533. The van der Waals surface area contributed by atoms with Gasteiger partial charge in [0.05, 0.1) is 31.7 Å². The van der Waals surface area contributed by atoms with E-state index < -0.39 is 4.92 Å². The molecule has 2 aromatic carbocycles. The van der Waals surface area contributed by atoms with E-state index in [0.29, 0.717) is 25.8 Å². The Labute approximate surface area is 188 Å². The normalized spacial score (nSPS) is 10.6. The van der Waals surface area contributed by atoms with Gasteiger partial charge in [0.2, 0.25) is 5.82 Å². The second kappa shape index (κ2) is 9.96. The maximum atomic E-state index is 11.0. The first-order valence-electron chi connectivity index (χ1n) is 8.48. The number of hydrazone groups is 1. The molecule has 1 N–H and O–H groups in total. The van der Waals surface area contributed by atoms with Gasteiger partial charge < -0.3 is 4.74 Å². The molecule has 0 saturated carbocycles. The smallest absolute Gasteiger partial charge is 0.313 e. The lowest BCUT2D eigenvalue weighted by Gasteiger charge is -2.12. The second-order valence-corrected chi connectivity index (χ2v) is 7.58. The summed E-state index contributed by atoms with van der Waals surface area (Å²) in [6, 6.07) is 15.8. The van der Waals surface area contributed by atoms with Crippen molar-refractivity contribution >= 4 is 49.6 Å². The highest BCUT2D eigenvalue weighted by Crippen LogP contribution is 2.35. The van der Waals surface area contributed by atoms with Crippen LogP contribution in [0.2, 0.25) is 0 Å². The van der Waals surface area contributed by atoms with Gasteiger partial charge in [-0.2, -0.15) is 10.4 Å². The van der Waals surface area contributed by atoms with Crippen LogP contribution in [0.1, 0.15) is 16.7 Å². The molecule has 0 unspecified atom stereocenters. The van der Waals surface area contributed by atoms with Crippen molar-refractivity contribution in [1.29, 1.82) is 5.26 Å². The molecule has 8 nitrogen and oxygen atoms in total. The van der Waals surface area contributed by atoms with Crippen molar-refractivity contribution in [2.75, 3.05) is 5.43 Å². The van der Waals surface area contributed by atoms with Crippen molar-refractivity contribution in [3.63, 3.8) is 0 Å². The second-order valence-electron chi connectivity index (χ2n) is 5.87. The van der Waals surface area contributed by atoms with E-state index >= 15 is 0 Å². The van der Waals surface area contributed by atoms with Crippen LogP contribution in [0.4, 0.5) is 11.5 Å². The average Bonchev–Trinajstić information content (AvgIpc) is 2.73. The molecule has 0 amide bonds. The summed E-state index contributed by atoms with van der Waals surface area (Å²) >= 11 is 6.94. The summed E-state index contributed by atoms with van der Waals surface area (Å²) in [7, 11) is 0. The summed E-state index contributed by atoms with van der Waals surface area (Å²) < 4.78 is 7.23. The van der Waals surface area contributed by atoms with E-state index in [2.05, 4.69) is 53.4 Å². The van der Waals surface area contributed by atoms with Crippen LogP contribution < -0.4 is 10.2 Å². The quantitative estimate of drug-likeness (QED) is 0.248. The summed E-state index contributed by atoms with van der Waals surface area (Å²) in [5, 5.41) is 24.2. The zero-order valence-corrected chi connectivity index (χ0v) is 18.4. The van der Waals surface area contributed by atoms with E-state index in [-0.39, 0.29) is 18.1 Å². The molecule has 0 fully saturated rings. The van der Waals surface area contributed by atoms with Gasteiger partial charge in [-0.05, 0) is 61.7 Å². The maximum Gasteiger partial charge on any atom is 0.313 e. The Bertz CT molecular complexity index is 1140. The van der Waals surface area contributed by atoms with Gasteiger partial charge in [-0.15, -0.1) is 0 Å². The summed E-state index contributed by atoms with van der Waals surface area (Å²) in [6.45, 7) is 0.235. The molecule has 150 valence electrons. The molecule has 1 aromatic heterocycles. The van der Waals surface area contributed by atoms with Gasteiger partial charge in [-0.1, -0.05) is 18.2 Å². The number of nitriles is 1. The molecule has 0 radical (unpaired) electrons. The minimum absolute atomic E-state index is 0.0491. The van der Waals surface area contributed by atoms with Crippen molar-refractivity contribution in [3.8, 4) is 11.8 Å². The number of rotatable bonds is 7. The molecule has 1 heterocycles. The highest BCUT2D eigenvalue weighted by Gasteiger charge is 2.13. The SMILES string of the molecule is N#Cc1ccccc1COc1c(Br)cc(/C=N\Nc2ncccc2[N+](=O)[O-])cc1Br. The van der Waals surface area contributed by atoms with Gasteiger partial charge in [0.15, 0.2) is 0 Å². The van der Waals surface area contributed by atoms with E-state index in [4.69, 9.17) is 4.74 Å². The number of halogens is 2. The van der Waals surface area contributed by atoms with Crippen LogP contribution >= 0.6 is 31.9 Å². The lowest BCUT2D eigenvalue weighted by atomic mass is 10.1. The Kier molecular flexibility index (Phi) is 7.11. The van der Waals surface area contributed by atoms with Gasteiger partial charge >= 0.3 is 5.69 Å². The van der Waals surface area contributed by atoms with E-state index in [9.17, 15) is 15.4 Å². The average molecular weight is 531 g/mol. The van der Waals surface area contributed by atoms with E-state index in [0.717, 1.165) is 5.56 Å². The lowest BCUT2D eigenvalue weighted by molar-refractivity contribution is -0.384. The van der Waals surface area contributed by atoms with Crippen molar-refractivity contribution in [2.24, 2.45) is 5.10 Å². The van der Waals surface area contributed by atoms with Crippen LogP contribution in [0.3, 0.4) is 0 Å². The van der Waals surface area contributed by atoms with Crippen LogP contribution in [-0.2, 0) is 6.61 Å². The summed E-state index contributed by atoms with van der Waals surface area (Å²) in [6.07, 6.45) is 2.94. The first-order valence-corrected chi connectivity index (χ1v) is 10.1. The van der Waals surface area contributed by atoms with E-state index in [1.54, 1.807) is 24.3 Å². The molecule has 0 aliphatic carbocycles. The summed E-state index contributed by atoms with van der Waals surface area (Å²) in [4.78, 5) is 14.4. The van der Waals surface area contributed by atoms with Crippen LogP contribution in [0, 0.1) is 21.4 Å². The molecule has 30 heavy (non-hydrogen) atoms. The fourth-order valence-electron chi connectivity index (χ4n) is 2.50. The maximum absolute atomic E-state index is 11.0. The molecule has 0 aliphatic heterocycles. The van der Waals surface area contributed by atoms with Crippen molar-refractivity contribution < 1.29 is 9.66 Å². The topological polar surface area (TPSA) is 113 Å². The van der Waals surface area contributed by atoms with Gasteiger partial charge in [-0.3, -0.25) is 15.5 Å². The van der Waals surface area contributed by atoms with Crippen molar-refractivity contribution in [2.45, 2.75) is 6.61 Å². The number of nitrogens with one attached hydrogen (secondary N) is 1. The Morgan fingerprint density at radius 1 is 1.23 bits per heavy atom. The predicted octanol–water partition coefficient (Wildman–Crippen LogP) is 5.41. The third-order valence-corrected chi connectivity index (χ3v) is 5.08. The Morgan fingerprint density at radius 3 is 2.67 bits per heavy atom. The monoisotopic (exact) mass is 529 g/mol. The molecule has 0 atom stereocenters. The fraction of sp³-hybridized carbons (Fsp3) is 0.0500. The number of benzene rings is 2. The van der Waals surface area contributed by atoms with E-state index in [1.807, 2.05) is 12.1 Å². The molecule has 0 aliphatic rings. The Morgan fingerprint density at radius 2 is 1.97 bits per heavy atom. The Balaban J connectivity index is 1.73. The van der Waals surface area contributed by atoms with Crippen molar-refractivity contribution in [1.82, 2.24) is 4.98 Å². The first kappa shape index (κ1) is 21.4. The molecule has 3 aromatic rings.